The van der Waals surface area contributed by atoms with Gasteiger partial charge in [-0.05, 0) is 67.2 Å². The van der Waals surface area contributed by atoms with E-state index in [9.17, 15) is 9.59 Å². The molecular formula is C28H36Cl2N4O2. The molecule has 194 valence electrons. The number of carbonyl (C=O) groups excluding carboxylic acids is 2. The molecule has 8 heteroatoms. The van der Waals surface area contributed by atoms with Crippen LogP contribution in [-0.4, -0.2) is 66.2 Å². The molecule has 1 fully saturated rings. The van der Waals surface area contributed by atoms with Gasteiger partial charge in [0.15, 0.2) is 0 Å². The van der Waals surface area contributed by atoms with Gasteiger partial charge in [0.1, 0.15) is 0 Å². The van der Waals surface area contributed by atoms with Gasteiger partial charge in [-0.3, -0.25) is 14.6 Å². The van der Waals surface area contributed by atoms with E-state index in [1.54, 1.807) is 24.5 Å². The number of aromatic nitrogens is 1. The number of piperidine rings is 1. The molecule has 6 nitrogen and oxygen atoms in total. The molecule has 0 atom stereocenters. The Morgan fingerprint density at radius 3 is 2.42 bits per heavy atom. The average Bonchev–Trinajstić information content (AvgIpc) is 2.92. The molecular weight excluding hydrogens is 495 g/mol. The Bertz CT molecular complexity index is 955. The van der Waals surface area contributed by atoms with E-state index in [0.717, 1.165) is 75.1 Å². The SMILES string of the molecule is O=C(/C=C/c1cccnc1)NCCCCC1CCN(C(=O)c2ccc(N(CCCl)CCCl)cc2)CC1. The summed E-state index contributed by atoms with van der Waals surface area (Å²) >= 11 is 11.8. The van der Waals surface area contributed by atoms with Crippen LogP contribution < -0.4 is 10.2 Å². The molecule has 1 aromatic heterocycles. The number of unbranched alkanes of at least 4 members (excludes halogenated alkanes) is 1. The Balaban J connectivity index is 1.32. The summed E-state index contributed by atoms with van der Waals surface area (Å²) in [6.07, 6.45) is 12.0. The molecule has 1 aromatic carbocycles. The number of benzene rings is 1. The topological polar surface area (TPSA) is 65.5 Å². The molecule has 0 bridgehead atoms. The first kappa shape index (κ1) is 28.0. The number of hydrogen-bond acceptors (Lipinski definition) is 4. The first-order valence-corrected chi connectivity index (χ1v) is 13.8. The normalized spacial score (nSPS) is 14.2. The lowest BCUT2D eigenvalue weighted by molar-refractivity contribution is -0.116. The number of anilines is 1. The first-order chi connectivity index (χ1) is 17.6. The lowest BCUT2D eigenvalue weighted by Gasteiger charge is -2.32. The summed E-state index contributed by atoms with van der Waals surface area (Å²) in [5.74, 6) is 1.72. The predicted octanol–water partition coefficient (Wildman–Crippen LogP) is 5.22. The Morgan fingerprint density at radius 1 is 1.06 bits per heavy atom. The van der Waals surface area contributed by atoms with E-state index < -0.39 is 0 Å². The fraction of sp³-hybridized carbons (Fsp3) is 0.464. The fourth-order valence-electron chi connectivity index (χ4n) is 4.47. The zero-order valence-corrected chi connectivity index (χ0v) is 22.3. The largest absolute Gasteiger partial charge is 0.369 e. The highest BCUT2D eigenvalue weighted by molar-refractivity contribution is 6.18. The van der Waals surface area contributed by atoms with Crippen molar-refractivity contribution in [3.8, 4) is 0 Å². The summed E-state index contributed by atoms with van der Waals surface area (Å²) in [4.78, 5) is 33.0. The number of rotatable bonds is 13. The summed E-state index contributed by atoms with van der Waals surface area (Å²) in [7, 11) is 0. The van der Waals surface area contributed by atoms with Crippen molar-refractivity contribution in [2.24, 2.45) is 5.92 Å². The van der Waals surface area contributed by atoms with Crippen molar-refractivity contribution in [3.05, 3.63) is 66.0 Å². The van der Waals surface area contributed by atoms with Gasteiger partial charge in [0.25, 0.3) is 5.91 Å². The van der Waals surface area contributed by atoms with Crippen molar-refractivity contribution in [1.82, 2.24) is 15.2 Å². The second kappa shape index (κ2) is 15.5. The molecule has 0 radical (unpaired) electrons. The van der Waals surface area contributed by atoms with Gasteiger partial charge in [-0.15, -0.1) is 23.2 Å². The van der Waals surface area contributed by atoms with Crippen molar-refractivity contribution in [2.75, 3.05) is 49.4 Å². The number of carbonyl (C=O) groups is 2. The highest BCUT2D eigenvalue weighted by atomic mass is 35.5. The number of alkyl halides is 2. The van der Waals surface area contributed by atoms with Gasteiger partial charge in [0.2, 0.25) is 5.91 Å². The summed E-state index contributed by atoms with van der Waals surface area (Å²) in [6, 6.07) is 11.5. The molecule has 36 heavy (non-hydrogen) atoms. The quantitative estimate of drug-likeness (QED) is 0.219. The minimum atomic E-state index is -0.0792. The van der Waals surface area contributed by atoms with Crippen LogP contribution in [0, 0.1) is 5.92 Å². The smallest absolute Gasteiger partial charge is 0.253 e. The van der Waals surface area contributed by atoms with Crippen molar-refractivity contribution in [3.63, 3.8) is 0 Å². The minimum Gasteiger partial charge on any atom is -0.369 e. The molecule has 0 saturated carbocycles. The van der Waals surface area contributed by atoms with Crippen molar-refractivity contribution in [2.45, 2.75) is 32.1 Å². The van der Waals surface area contributed by atoms with Crippen LogP contribution in [0.25, 0.3) is 6.08 Å². The lowest BCUT2D eigenvalue weighted by Crippen LogP contribution is -2.38. The van der Waals surface area contributed by atoms with E-state index in [0.29, 0.717) is 24.2 Å². The molecule has 3 rings (SSSR count). The number of likely N-dealkylation sites (tertiary alicyclic amines) is 1. The standard InChI is InChI=1S/C28H36Cl2N4O2/c29-14-20-33(21-15-30)26-9-7-25(8-10-26)28(36)34-18-12-23(13-19-34)4-1-2-17-32-27(35)11-6-24-5-3-16-31-22-24/h3,5-11,16,22-23H,1-2,4,12-15,17-21H2,(H,32,35)/b11-6+. The van der Waals surface area contributed by atoms with Gasteiger partial charge in [-0.1, -0.05) is 18.9 Å². The van der Waals surface area contributed by atoms with Crippen molar-refractivity contribution >= 4 is 46.8 Å². The Morgan fingerprint density at radius 2 is 1.78 bits per heavy atom. The summed E-state index contributed by atoms with van der Waals surface area (Å²) < 4.78 is 0. The van der Waals surface area contributed by atoms with Crippen molar-refractivity contribution in [1.29, 1.82) is 0 Å². The Kier molecular flexibility index (Phi) is 12.1. The zero-order valence-electron chi connectivity index (χ0n) is 20.8. The number of nitrogens with zero attached hydrogens (tertiary/aromatic N) is 3. The Labute approximate surface area is 224 Å². The molecule has 0 aliphatic carbocycles. The highest BCUT2D eigenvalue weighted by Crippen LogP contribution is 2.24. The molecule has 2 aromatic rings. The number of halogens is 2. The molecule has 2 heterocycles. The van der Waals surface area contributed by atoms with Crippen LogP contribution >= 0.6 is 23.2 Å². The third kappa shape index (κ3) is 9.14. The van der Waals surface area contributed by atoms with Crippen LogP contribution in [0.2, 0.25) is 0 Å². The number of amides is 2. The number of hydrogen-bond donors (Lipinski definition) is 1. The maximum Gasteiger partial charge on any atom is 0.253 e. The fourth-order valence-corrected chi connectivity index (χ4v) is 4.88. The van der Waals surface area contributed by atoms with Crippen LogP contribution in [-0.2, 0) is 4.79 Å². The first-order valence-electron chi connectivity index (χ1n) is 12.7. The van der Waals surface area contributed by atoms with Crippen LogP contribution in [0.5, 0.6) is 0 Å². The maximum absolute atomic E-state index is 13.0. The van der Waals surface area contributed by atoms with E-state index in [1.165, 1.54) is 0 Å². The van der Waals surface area contributed by atoms with E-state index in [4.69, 9.17) is 23.2 Å². The van der Waals surface area contributed by atoms with Crippen molar-refractivity contribution < 1.29 is 9.59 Å². The van der Waals surface area contributed by atoms with Gasteiger partial charge in [-0.25, -0.2) is 0 Å². The van der Waals surface area contributed by atoms with Gasteiger partial charge < -0.3 is 15.1 Å². The maximum atomic E-state index is 13.0. The van der Waals surface area contributed by atoms with E-state index in [-0.39, 0.29) is 11.8 Å². The lowest BCUT2D eigenvalue weighted by atomic mass is 9.91. The van der Waals surface area contributed by atoms with Gasteiger partial charge >= 0.3 is 0 Å². The summed E-state index contributed by atoms with van der Waals surface area (Å²) in [5, 5.41) is 2.94. The number of pyridine rings is 1. The monoisotopic (exact) mass is 530 g/mol. The van der Waals surface area contributed by atoms with E-state index in [1.807, 2.05) is 41.3 Å². The van der Waals surface area contributed by atoms with E-state index in [2.05, 4.69) is 15.2 Å². The zero-order chi connectivity index (χ0) is 25.6. The summed E-state index contributed by atoms with van der Waals surface area (Å²) in [6.45, 7) is 3.73. The molecule has 1 aliphatic heterocycles. The molecule has 1 N–H and O–H groups in total. The third-order valence-electron chi connectivity index (χ3n) is 6.54. The number of nitrogens with one attached hydrogen (secondary N) is 1. The molecule has 0 unspecified atom stereocenters. The third-order valence-corrected chi connectivity index (χ3v) is 6.88. The van der Waals surface area contributed by atoms with Gasteiger partial charge in [0, 0.05) is 74.2 Å². The van der Waals surface area contributed by atoms with Crippen LogP contribution in [0.3, 0.4) is 0 Å². The molecule has 0 spiro atoms. The minimum absolute atomic E-state index is 0.0792. The molecule has 1 saturated heterocycles. The molecule has 1 aliphatic rings. The second-order valence-electron chi connectivity index (χ2n) is 9.05. The van der Waals surface area contributed by atoms with Gasteiger partial charge in [-0.2, -0.15) is 0 Å². The van der Waals surface area contributed by atoms with Crippen LogP contribution in [0.4, 0.5) is 5.69 Å². The second-order valence-corrected chi connectivity index (χ2v) is 9.81. The Hall–Kier alpha value is -2.57. The van der Waals surface area contributed by atoms with Crippen LogP contribution in [0.15, 0.2) is 54.9 Å². The highest BCUT2D eigenvalue weighted by Gasteiger charge is 2.23. The molecule has 2 amide bonds. The van der Waals surface area contributed by atoms with E-state index >= 15 is 0 Å². The average molecular weight is 532 g/mol. The summed E-state index contributed by atoms with van der Waals surface area (Å²) in [5.41, 5.74) is 2.67. The predicted molar refractivity (Wildman–Crippen MR) is 149 cm³/mol. The van der Waals surface area contributed by atoms with Gasteiger partial charge in [0.05, 0.1) is 0 Å². The van der Waals surface area contributed by atoms with Crippen LogP contribution in [0.1, 0.15) is 48.0 Å².